The second kappa shape index (κ2) is 8.10. The van der Waals surface area contributed by atoms with Crippen molar-refractivity contribution in [1.29, 1.82) is 0 Å². The van der Waals surface area contributed by atoms with Crippen LogP contribution < -0.4 is 5.73 Å². The third-order valence-corrected chi connectivity index (χ3v) is 4.25. The maximum atomic E-state index is 6.12. The van der Waals surface area contributed by atoms with Crippen LogP contribution in [0.4, 0.5) is 0 Å². The van der Waals surface area contributed by atoms with Crippen LogP contribution in [0.15, 0.2) is 0 Å². The second-order valence-electron chi connectivity index (χ2n) is 5.48. The lowest BCUT2D eigenvalue weighted by Crippen LogP contribution is -2.59. The van der Waals surface area contributed by atoms with E-state index >= 15 is 0 Å². The molecule has 4 nitrogen and oxygen atoms in total. The highest BCUT2D eigenvalue weighted by Crippen LogP contribution is 2.34. The van der Waals surface area contributed by atoms with Crippen LogP contribution >= 0.6 is 0 Å². The van der Waals surface area contributed by atoms with Gasteiger partial charge in [-0.3, -0.25) is 4.90 Å². The van der Waals surface area contributed by atoms with Crippen molar-refractivity contribution in [2.75, 3.05) is 40.5 Å². The molecule has 0 saturated heterocycles. The molecular formula is C14H30N2O2. The molecule has 0 aromatic heterocycles. The Kier molecular flexibility index (Phi) is 7.15. The molecule has 1 rings (SSSR count). The van der Waals surface area contributed by atoms with Gasteiger partial charge in [-0.25, -0.2) is 0 Å². The molecule has 1 aliphatic carbocycles. The van der Waals surface area contributed by atoms with Gasteiger partial charge in [0.05, 0.1) is 13.2 Å². The van der Waals surface area contributed by atoms with Crippen LogP contribution in [-0.2, 0) is 9.47 Å². The molecule has 0 aromatic carbocycles. The first-order chi connectivity index (χ1) is 8.70. The molecule has 0 bridgehead atoms. The van der Waals surface area contributed by atoms with Crippen LogP contribution in [0.25, 0.3) is 0 Å². The van der Waals surface area contributed by atoms with Crippen molar-refractivity contribution >= 4 is 0 Å². The Morgan fingerprint density at radius 1 is 1.17 bits per heavy atom. The van der Waals surface area contributed by atoms with Gasteiger partial charge in [-0.2, -0.15) is 0 Å². The highest BCUT2D eigenvalue weighted by Gasteiger charge is 2.38. The summed E-state index contributed by atoms with van der Waals surface area (Å²) in [5.74, 6) is 0. The number of nitrogens with zero attached hydrogens (tertiary/aromatic N) is 1. The lowest BCUT2D eigenvalue weighted by molar-refractivity contribution is -0.0187. The van der Waals surface area contributed by atoms with Gasteiger partial charge in [-0.05, 0) is 19.8 Å². The van der Waals surface area contributed by atoms with Gasteiger partial charge in [-0.15, -0.1) is 0 Å². The molecule has 18 heavy (non-hydrogen) atoms. The van der Waals surface area contributed by atoms with Crippen LogP contribution in [0, 0.1) is 0 Å². The Bertz CT molecular complexity index is 218. The zero-order chi connectivity index (χ0) is 13.4. The Hall–Kier alpha value is -0.160. The fraction of sp³-hybridized carbons (Fsp3) is 1.00. The van der Waals surface area contributed by atoms with Gasteiger partial charge >= 0.3 is 0 Å². The highest BCUT2D eigenvalue weighted by molar-refractivity contribution is 4.96. The molecule has 4 heteroatoms. The van der Waals surface area contributed by atoms with E-state index in [-0.39, 0.29) is 5.54 Å². The van der Waals surface area contributed by atoms with E-state index in [0.717, 1.165) is 26.3 Å². The van der Waals surface area contributed by atoms with Gasteiger partial charge in [0.25, 0.3) is 0 Å². The van der Waals surface area contributed by atoms with E-state index < -0.39 is 0 Å². The molecule has 0 aromatic rings. The van der Waals surface area contributed by atoms with Crippen molar-refractivity contribution < 1.29 is 9.47 Å². The first-order valence-corrected chi connectivity index (χ1v) is 7.15. The predicted molar refractivity (Wildman–Crippen MR) is 74.8 cm³/mol. The molecule has 2 N–H and O–H groups in total. The molecule has 0 heterocycles. The van der Waals surface area contributed by atoms with Gasteiger partial charge < -0.3 is 15.2 Å². The molecule has 0 amide bonds. The van der Waals surface area contributed by atoms with Crippen LogP contribution in [0.3, 0.4) is 0 Å². The van der Waals surface area contributed by atoms with Crippen molar-refractivity contribution in [2.24, 2.45) is 5.73 Å². The Labute approximate surface area is 112 Å². The zero-order valence-electron chi connectivity index (χ0n) is 12.3. The SMILES string of the molecule is COCCN(C(C)COC)C1(CN)CCCCC1. The Morgan fingerprint density at radius 2 is 1.83 bits per heavy atom. The van der Waals surface area contributed by atoms with E-state index in [1.54, 1.807) is 14.2 Å². The third-order valence-electron chi connectivity index (χ3n) is 4.25. The lowest BCUT2D eigenvalue weighted by Gasteiger charge is -2.48. The summed E-state index contributed by atoms with van der Waals surface area (Å²) in [5.41, 5.74) is 6.28. The van der Waals surface area contributed by atoms with Crippen molar-refractivity contribution in [1.82, 2.24) is 4.90 Å². The van der Waals surface area contributed by atoms with Crippen molar-refractivity contribution in [3.05, 3.63) is 0 Å². The number of hydrogen-bond donors (Lipinski definition) is 1. The summed E-state index contributed by atoms with van der Waals surface area (Å²) in [4.78, 5) is 2.53. The first kappa shape index (κ1) is 15.9. The van der Waals surface area contributed by atoms with Gasteiger partial charge in [0.15, 0.2) is 0 Å². The molecule has 108 valence electrons. The molecule has 0 aliphatic heterocycles. The van der Waals surface area contributed by atoms with Gasteiger partial charge in [0.1, 0.15) is 0 Å². The molecule has 1 fully saturated rings. The summed E-state index contributed by atoms with van der Waals surface area (Å²) >= 11 is 0. The predicted octanol–water partition coefficient (Wildman–Crippen LogP) is 1.63. The average molecular weight is 258 g/mol. The fourth-order valence-electron chi connectivity index (χ4n) is 3.26. The Morgan fingerprint density at radius 3 is 2.33 bits per heavy atom. The quantitative estimate of drug-likeness (QED) is 0.719. The Balaban J connectivity index is 2.76. The largest absolute Gasteiger partial charge is 0.383 e. The lowest BCUT2D eigenvalue weighted by atomic mass is 9.79. The smallest absolute Gasteiger partial charge is 0.0615 e. The topological polar surface area (TPSA) is 47.7 Å². The minimum atomic E-state index is 0.161. The molecule has 1 unspecified atom stereocenters. The van der Waals surface area contributed by atoms with Crippen LogP contribution in [0.2, 0.25) is 0 Å². The molecule has 0 spiro atoms. The third kappa shape index (κ3) is 3.92. The second-order valence-corrected chi connectivity index (χ2v) is 5.48. The summed E-state index contributed by atoms with van der Waals surface area (Å²) in [7, 11) is 3.52. The van der Waals surface area contributed by atoms with E-state index in [0.29, 0.717) is 6.04 Å². The van der Waals surface area contributed by atoms with E-state index in [1.807, 2.05) is 0 Å². The van der Waals surface area contributed by atoms with Crippen LogP contribution in [0.5, 0.6) is 0 Å². The summed E-state index contributed by atoms with van der Waals surface area (Å²) in [6, 6.07) is 0.395. The normalized spacial score (nSPS) is 21.2. The van der Waals surface area contributed by atoms with E-state index in [1.165, 1.54) is 32.1 Å². The van der Waals surface area contributed by atoms with Crippen molar-refractivity contribution in [2.45, 2.75) is 50.6 Å². The van der Waals surface area contributed by atoms with Gasteiger partial charge in [0.2, 0.25) is 0 Å². The number of ether oxygens (including phenoxy) is 2. The van der Waals surface area contributed by atoms with Crippen LogP contribution in [0.1, 0.15) is 39.0 Å². The summed E-state index contributed by atoms with van der Waals surface area (Å²) in [6.45, 7) is 5.43. The molecular weight excluding hydrogens is 228 g/mol. The molecule has 0 radical (unpaired) electrons. The monoisotopic (exact) mass is 258 g/mol. The summed E-state index contributed by atoms with van der Waals surface area (Å²) < 4.78 is 10.6. The summed E-state index contributed by atoms with van der Waals surface area (Å²) in [5, 5.41) is 0. The minimum absolute atomic E-state index is 0.161. The number of nitrogens with two attached hydrogens (primary N) is 1. The van der Waals surface area contributed by atoms with E-state index in [2.05, 4.69) is 11.8 Å². The number of hydrogen-bond acceptors (Lipinski definition) is 4. The van der Waals surface area contributed by atoms with Crippen LogP contribution in [-0.4, -0.2) is 57.0 Å². The molecule has 1 aliphatic rings. The maximum Gasteiger partial charge on any atom is 0.0615 e. The number of rotatable bonds is 8. The van der Waals surface area contributed by atoms with E-state index in [9.17, 15) is 0 Å². The standard InChI is InChI=1S/C14H30N2O2/c1-13(11-18-3)16(9-10-17-2)14(12-15)7-5-4-6-8-14/h13H,4-12,15H2,1-3H3. The molecule has 1 saturated carbocycles. The molecule has 1 atom stereocenters. The number of methoxy groups -OCH3 is 2. The van der Waals surface area contributed by atoms with Crippen molar-refractivity contribution in [3.8, 4) is 0 Å². The van der Waals surface area contributed by atoms with E-state index in [4.69, 9.17) is 15.2 Å². The van der Waals surface area contributed by atoms with Crippen molar-refractivity contribution in [3.63, 3.8) is 0 Å². The zero-order valence-corrected chi connectivity index (χ0v) is 12.3. The highest BCUT2D eigenvalue weighted by atomic mass is 16.5. The first-order valence-electron chi connectivity index (χ1n) is 7.15. The minimum Gasteiger partial charge on any atom is -0.383 e. The maximum absolute atomic E-state index is 6.12. The van der Waals surface area contributed by atoms with Gasteiger partial charge in [0, 0.05) is 38.9 Å². The summed E-state index contributed by atoms with van der Waals surface area (Å²) in [6.07, 6.45) is 6.35. The average Bonchev–Trinajstić information content (AvgIpc) is 2.40. The fourth-order valence-corrected chi connectivity index (χ4v) is 3.26. The van der Waals surface area contributed by atoms with Gasteiger partial charge in [-0.1, -0.05) is 19.3 Å².